The normalized spacial score (nSPS) is 13.1. The topological polar surface area (TPSA) is 29.5 Å². The van der Waals surface area contributed by atoms with E-state index in [1.807, 2.05) is 31.2 Å². The van der Waals surface area contributed by atoms with Crippen molar-refractivity contribution in [3.63, 3.8) is 0 Å². The summed E-state index contributed by atoms with van der Waals surface area (Å²) in [5.74, 6) is 0.508. The predicted octanol–water partition coefficient (Wildman–Crippen LogP) is 2.70. The molecule has 84 valence electrons. The van der Waals surface area contributed by atoms with Gasteiger partial charge in [0.1, 0.15) is 6.10 Å². The van der Waals surface area contributed by atoms with Gasteiger partial charge in [-0.3, -0.25) is 0 Å². The van der Waals surface area contributed by atoms with Crippen molar-refractivity contribution < 1.29 is 9.84 Å². The van der Waals surface area contributed by atoms with Crippen molar-refractivity contribution in [1.29, 1.82) is 0 Å². The number of rotatable bonds is 5. The van der Waals surface area contributed by atoms with E-state index in [-0.39, 0.29) is 0 Å². The van der Waals surface area contributed by atoms with Gasteiger partial charge in [0.05, 0.1) is 6.61 Å². The van der Waals surface area contributed by atoms with Gasteiger partial charge in [-0.25, -0.2) is 0 Å². The van der Waals surface area contributed by atoms with Crippen LogP contribution in [-0.4, -0.2) is 18.3 Å². The summed E-state index contributed by atoms with van der Waals surface area (Å²) in [7, 11) is 0. The van der Waals surface area contributed by atoms with E-state index in [1.165, 1.54) is 0 Å². The Bertz CT molecular complexity index is 294. The highest BCUT2D eigenvalue weighted by atomic mass is 16.5. The number of hydrogen-bond acceptors (Lipinski definition) is 2. The molecule has 1 aromatic carbocycles. The van der Waals surface area contributed by atoms with E-state index in [1.54, 1.807) is 0 Å². The third kappa shape index (κ3) is 4.02. The Morgan fingerprint density at radius 1 is 1.20 bits per heavy atom. The Morgan fingerprint density at radius 3 is 2.47 bits per heavy atom. The van der Waals surface area contributed by atoms with Gasteiger partial charge in [-0.2, -0.15) is 0 Å². The second-order valence-electron chi connectivity index (χ2n) is 4.30. The average Bonchev–Trinajstić information content (AvgIpc) is 2.17. The van der Waals surface area contributed by atoms with Gasteiger partial charge >= 0.3 is 0 Å². The molecule has 15 heavy (non-hydrogen) atoms. The van der Waals surface area contributed by atoms with Crippen molar-refractivity contribution in [3.05, 3.63) is 35.4 Å². The molecule has 0 heterocycles. The zero-order chi connectivity index (χ0) is 11.3. The molecule has 0 saturated carbocycles. The van der Waals surface area contributed by atoms with Crippen LogP contribution in [-0.2, 0) is 4.74 Å². The Kier molecular flexibility index (Phi) is 4.79. The molecule has 2 heteroatoms. The van der Waals surface area contributed by atoms with E-state index in [0.717, 1.165) is 11.1 Å². The molecule has 0 aliphatic rings. The molecule has 0 aliphatic carbocycles. The summed E-state index contributed by atoms with van der Waals surface area (Å²) >= 11 is 0. The van der Waals surface area contributed by atoms with Gasteiger partial charge in [0, 0.05) is 6.61 Å². The standard InChI is InChI=1S/C13H20O2/c1-10(2)8-15-9-13(14)12-7-5-4-6-11(12)3/h4-7,10,13-14H,8-9H2,1-3H3. The fraction of sp³-hybridized carbons (Fsp3) is 0.538. The van der Waals surface area contributed by atoms with E-state index in [9.17, 15) is 5.11 Å². The molecule has 0 radical (unpaired) electrons. The highest BCUT2D eigenvalue weighted by Gasteiger charge is 2.09. The summed E-state index contributed by atoms with van der Waals surface area (Å²) in [5.41, 5.74) is 2.07. The van der Waals surface area contributed by atoms with Crippen LogP contribution in [0.1, 0.15) is 31.1 Å². The molecule has 1 N–H and O–H groups in total. The van der Waals surface area contributed by atoms with Crippen molar-refractivity contribution in [2.24, 2.45) is 5.92 Å². The van der Waals surface area contributed by atoms with Crippen LogP contribution in [0.25, 0.3) is 0 Å². The third-order valence-electron chi connectivity index (χ3n) is 2.27. The first-order valence-corrected chi connectivity index (χ1v) is 5.42. The molecule has 1 unspecified atom stereocenters. The Labute approximate surface area is 91.9 Å². The average molecular weight is 208 g/mol. The van der Waals surface area contributed by atoms with Gasteiger partial charge in [-0.1, -0.05) is 38.1 Å². The van der Waals surface area contributed by atoms with Gasteiger partial charge in [0.15, 0.2) is 0 Å². The van der Waals surface area contributed by atoms with Gasteiger partial charge in [0.2, 0.25) is 0 Å². The second kappa shape index (κ2) is 5.89. The van der Waals surface area contributed by atoms with Crippen molar-refractivity contribution >= 4 is 0 Å². The molecule has 0 amide bonds. The first-order valence-electron chi connectivity index (χ1n) is 5.42. The number of aryl methyl sites for hydroxylation is 1. The lowest BCUT2D eigenvalue weighted by Crippen LogP contribution is -2.11. The van der Waals surface area contributed by atoms with E-state index in [2.05, 4.69) is 13.8 Å². The molecular weight excluding hydrogens is 188 g/mol. The lowest BCUT2D eigenvalue weighted by molar-refractivity contribution is 0.0247. The zero-order valence-electron chi connectivity index (χ0n) is 9.73. The SMILES string of the molecule is Cc1ccccc1C(O)COCC(C)C. The van der Waals surface area contributed by atoms with Gasteiger partial charge in [-0.15, -0.1) is 0 Å². The van der Waals surface area contributed by atoms with Gasteiger partial charge in [0.25, 0.3) is 0 Å². The Balaban J connectivity index is 2.47. The smallest absolute Gasteiger partial charge is 0.103 e. The minimum Gasteiger partial charge on any atom is -0.386 e. The number of hydrogen-bond donors (Lipinski definition) is 1. The summed E-state index contributed by atoms with van der Waals surface area (Å²) in [6.07, 6.45) is -0.509. The minimum atomic E-state index is -0.509. The maximum atomic E-state index is 9.89. The molecule has 0 aromatic heterocycles. The van der Waals surface area contributed by atoms with Crippen LogP contribution in [0.4, 0.5) is 0 Å². The maximum absolute atomic E-state index is 9.89. The molecule has 2 nitrogen and oxygen atoms in total. The largest absolute Gasteiger partial charge is 0.386 e. The first-order chi connectivity index (χ1) is 7.11. The molecular formula is C13H20O2. The summed E-state index contributed by atoms with van der Waals surface area (Å²) < 4.78 is 5.42. The van der Waals surface area contributed by atoms with Gasteiger partial charge in [-0.05, 0) is 24.0 Å². The van der Waals surface area contributed by atoms with E-state index in [0.29, 0.717) is 19.1 Å². The zero-order valence-corrected chi connectivity index (χ0v) is 9.73. The van der Waals surface area contributed by atoms with Gasteiger partial charge < -0.3 is 9.84 Å². The quantitative estimate of drug-likeness (QED) is 0.806. The number of ether oxygens (including phenoxy) is 1. The predicted molar refractivity (Wildman–Crippen MR) is 61.8 cm³/mol. The minimum absolute atomic E-state index is 0.378. The first kappa shape index (κ1) is 12.2. The molecule has 1 aromatic rings. The summed E-state index contributed by atoms with van der Waals surface area (Å²) in [4.78, 5) is 0. The summed E-state index contributed by atoms with van der Waals surface area (Å²) in [6.45, 7) is 7.27. The maximum Gasteiger partial charge on any atom is 0.103 e. The number of benzene rings is 1. The van der Waals surface area contributed by atoms with E-state index < -0.39 is 6.10 Å². The monoisotopic (exact) mass is 208 g/mol. The molecule has 0 bridgehead atoms. The highest BCUT2D eigenvalue weighted by molar-refractivity contribution is 5.27. The molecule has 1 rings (SSSR count). The lowest BCUT2D eigenvalue weighted by Gasteiger charge is -2.14. The molecule has 0 saturated heterocycles. The van der Waals surface area contributed by atoms with Crippen molar-refractivity contribution in [2.75, 3.05) is 13.2 Å². The van der Waals surface area contributed by atoms with Crippen LogP contribution in [0.15, 0.2) is 24.3 Å². The summed E-state index contributed by atoms with van der Waals surface area (Å²) in [6, 6.07) is 7.86. The third-order valence-corrected chi connectivity index (χ3v) is 2.27. The van der Waals surface area contributed by atoms with Crippen LogP contribution in [0, 0.1) is 12.8 Å². The fourth-order valence-corrected chi connectivity index (χ4v) is 1.47. The Hall–Kier alpha value is -0.860. The van der Waals surface area contributed by atoms with Crippen LogP contribution in [0.2, 0.25) is 0 Å². The van der Waals surface area contributed by atoms with Crippen LogP contribution < -0.4 is 0 Å². The van der Waals surface area contributed by atoms with Crippen molar-refractivity contribution in [2.45, 2.75) is 26.9 Å². The number of aliphatic hydroxyl groups excluding tert-OH is 1. The molecule has 1 atom stereocenters. The lowest BCUT2D eigenvalue weighted by atomic mass is 10.0. The number of aliphatic hydroxyl groups is 1. The molecule has 0 spiro atoms. The van der Waals surface area contributed by atoms with Crippen LogP contribution in [0.3, 0.4) is 0 Å². The van der Waals surface area contributed by atoms with E-state index >= 15 is 0 Å². The Morgan fingerprint density at radius 2 is 1.87 bits per heavy atom. The van der Waals surface area contributed by atoms with Crippen molar-refractivity contribution in [1.82, 2.24) is 0 Å². The summed E-state index contributed by atoms with van der Waals surface area (Å²) in [5, 5.41) is 9.89. The van der Waals surface area contributed by atoms with Crippen LogP contribution >= 0.6 is 0 Å². The second-order valence-corrected chi connectivity index (χ2v) is 4.30. The van der Waals surface area contributed by atoms with Crippen LogP contribution in [0.5, 0.6) is 0 Å². The molecule has 0 fully saturated rings. The van der Waals surface area contributed by atoms with Crippen molar-refractivity contribution in [3.8, 4) is 0 Å². The molecule has 0 aliphatic heterocycles. The highest BCUT2D eigenvalue weighted by Crippen LogP contribution is 2.17. The fourth-order valence-electron chi connectivity index (χ4n) is 1.47. The van der Waals surface area contributed by atoms with E-state index in [4.69, 9.17) is 4.74 Å².